The molecular weight excluding hydrogens is 176 g/mol. The minimum absolute atomic E-state index is 0.383. The average molecular weight is 192 g/mol. The van der Waals surface area contributed by atoms with Crippen molar-refractivity contribution in [3.05, 3.63) is 17.5 Å². The Morgan fingerprint density at radius 1 is 1.57 bits per heavy atom. The molecule has 1 aliphatic heterocycles. The van der Waals surface area contributed by atoms with E-state index in [0.29, 0.717) is 17.9 Å². The zero-order valence-corrected chi connectivity index (χ0v) is 8.62. The standard InChI is InChI=1S/C10H16N4/c1-6(2)8-3-9-7(4-12-8)5-13-10(11)14-9/h5-6,8,12H,3-4H2,1-2H3,(H2,11,13,14). The Bertz CT molecular complexity index is 335. The third-order valence-corrected chi connectivity index (χ3v) is 2.75. The lowest BCUT2D eigenvalue weighted by molar-refractivity contribution is 0.372. The normalized spacial score (nSPS) is 20.9. The van der Waals surface area contributed by atoms with E-state index in [0.717, 1.165) is 18.7 Å². The van der Waals surface area contributed by atoms with E-state index in [-0.39, 0.29) is 0 Å². The number of fused-ring (bicyclic) bond motifs is 1. The molecule has 1 atom stereocenters. The Morgan fingerprint density at radius 3 is 3.07 bits per heavy atom. The summed E-state index contributed by atoms with van der Waals surface area (Å²) in [5.41, 5.74) is 7.84. The number of hydrogen-bond donors (Lipinski definition) is 2. The second-order valence-electron chi connectivity index (χ2n) is 4.14. The van der Waals surface area contributed by atoms with Gasteiger partial charge < -0.3 is 11.1 Å². The summed E-state index contributed by atoms with van der Waals surface area (Å²) in [6.45, 7) is 5.29. The molecule has 2 rings (SSSR count). The van der Waals surface area contributed by atoms with Crippen LogP contribution in [0.2, 0.25) is 0 Å². The average Bonchev–Trinajstić information content (AvgIpc) is 2.16. The number of rotatable bonds is 1. The third kappa shape index (κ3) is 1.70. The lowest BCUT2D eigenvalue weighted by Crippen LogP contribution is -2.39. The molecule has 0 aliphatic carbocycles. The summed E-state index contributed by atoms with van der Waals surface area (Å²) in [6.07, 6.45) is 2.78. The molecule has 0 amide bonds. The van der Waals surface area contributed by atoms with Crippen LogP contribution in [0, 0.1) is 5.92 Å². The first-order valence-electron chi connectivity index (χ1n) is 5.00. The van der Waals surface area contributed by atoms with Gasteiger partial charge in [-0.2, -0.15) is 0 Å². The Kier molecular flexibility index (Phi) is 2.37. The van der Waals surface area contributed by atoms with Gasteiger partial charge in [0.1, 0.15) is 0 Å². The van der Waals surface area contributed by atoms with Crippen LogP contribution < -0.4 is 11.1 Å². The molecule has 1 aromatic heterocycles. The van der Waals surface area contributed by atoms with Gasteiger partial charge in [0.25, 0.3) is 0 Å². The molecule has 76 valence electrons. The van der Waals surface area contributed by atoms with E-state index < -0.39 is 0 Å². The van der Waals surface area contributed by atoms with Gasteiger partial charge in [-0.15, -0.1) is 0 Å². The molecule has 0 saturated heterocycles. The fourth-order valence-corrected chi connectivity index (χ4v) is 1.77. The van der Waals surface area contributed by atoms with Crippen molar-refractivity contribution >= 4 is 5.95 Å². The minimum atomic E-state index is 0.383. The van der Waals surface area contributed by atoms with Gasteiger partial charge in [0.2, 0.25) is 5.95 Å². The summed E-state index contributed by atoms with van der Waals surface area (Å²) in [6, 6.07) is 0.511. The van der Waals surface area contributed by atoms with Crippen LogP contribution in [0.25, 0.3) is 0 Å². The second-order valence-corrected chi connectivity index (χ2v) is 4.14. The van der Waals surface area contributed by atoms with Gasteiger partial charge in [-0.1, -0.05) is 13.8 Å². The number of nitrogens with zero attached hydrogens (tertiary/aromatic N) is 2. The second kappa shape index (κ2) is 3.53. The van der Waals surface area contributed by atoms with Gasteiger partial charge in [-0.05, 0) is 5.92 Å². The van der Waals surface area contributed by atoms with Crippen LogP contribution in [0.5, 0.6) is 0 Å². The maximum Gasteiger partial charge on any atom is 0.220 e. The number of hydrogen-bond acceptors (Lipinski definition) is 4. The van der Waals surface area contributed by atoms with E-state index in [1.165, 1.54) is 5.56 Å². The molecule has 14 heavy (non-hydrogen) atoms. The monoisotopic (exact) mass is 192 g/mol. The molecule has 4 heteroatoms. The van der Waals surface area contributed by atoms with Crippen LogP contribution in [0.3, 0.4) is 0 Å². The van der Waals surface area contributed by atoms with Crippen LogP contribution in [0.4, 0.5) is 5.95 Å². The molecule has 4 nitrogen and oxygen atoms in total. The van der Waals surface area contributed by atoms with E-state index in [1.807, 2.05) is 6.20 Å². The summed E-state index contributed by atoms with van der Waals surface area (Å²) in [4.78, 5) is 8.26. The molecule has 0 aromatic carbocycles. The van der Waals surface area contributed by atoms with E-state index in [1.54, 1.807) is 0 Å². The first-order chi connectivity index (χ1) is 6.66. The Labute approximate surface area is 83.9 Å². The van der Waals surface area contributed by atoms with Crippen molar-refractivity contribution in [1.29, 1.82) is 0 Å². The summed E-state index contributed by atoms with van der Waals surface area (Å²) in [7, 11) is 0. The molecular formula is C10H16N4. The largest absolute Gasteiger partial charge is 0.368 e. The highest BCUT2D eigenvalue weighted by Gasteiger charge is 2.21. The van der Waals surface area contributed by atoms with Crippen LogP contribution in [0.15, 0.2) is 6.20 Å². The summed E-state index contributed by atoms with van der Waals surface area (Å²) >= 11 is 0. The predicted molar refractivity (Wildman–Crippen MR) is 55.6 cm³/mol. The highest BCUT2D eigenvalue weighted by molar-refractivity contribution is 5.27. The van der Waals surface area contributed by atoms with E-state index in [4.69, 9.17) is 5.73 Å². The zero-order valence-electron chi connectivity index (χ0n) is 8.62. The lowest BCUT2D eigenvalue weighted by Gasteiger charge is -2.27. The number of nitrogen functional groups attached to an aromatic ring is 1. The molecule has 0 spiro atoms. The van der Waals surface area contributed by atoms with Gasteiger partial charge in [0, 0.05) is 30.8 Å². The molecule has 0 bridgehead atoms. The van der Waals surface area contributed by atoms with Crippen molar-refractivity contribution in [2.45, 2.75) is 32.9 Å². The SMILES string of the molecule is CC(C)C1Cc2nc(N)ncc2CN1. The van der Waals surface area contributed by atoms with E-state index >= 15 is 0 Å². The molecule has 1 unspecified atom stereocenters. The summed E-state index contributed by atoms with van der Waals surface area (Å²) in [5, 5.41) is 3.47. The van der Waals surface area contributed by atoms with Crippen molar-refractivity contribution < 1.29 is 0 Å². The van der Waals surface area contributed by atoms with Gasteiger partial charge in [-0.3, -0.25) is 0 Å². The molecule has 0 saturated carbocycles. The van der Waals surface area contributed by atoms with Crippen molar-refractivity contribution in [3.8, 4) is 0 Å². The fraction of sp³-hybridized carbons (Fsp3) is 0.600. The van der Waals surface area contributed by atoms with Crippen molar-refractivity contribution in [1.82, 2.24) is 15.3 Å². The highest BCUT2D eigenvalue weighted by atomic mass is 15.0. The van der Waals surface area contributed by atoms with Crippen molar-refractivity contribution in [3.63, 3.8) is 0 Å². The van der Waals surface area contributed by atoms with E-state index in [9.17, 15) is 0 Å². The van der Waals surface area contributed by atoms with Crippen LogP contribution in [-0.4, -0.2) is 16.0 Å². The Morgan fingerprint density at radius 2 is 2.36 bits per heavy atom. The minimum Gasteiger partial charge on any atom is -0.368 e. The first kappa shape index (κ1) is 9.40. The van der Waals surface area contributed by atoms with Gasteiger partial charge in [0.15, 0.2) is 0 Å². The topological polar surface area (TPSA) is 63.8 Å². The zero-order chi connectivity index (χ0) is 10.1. The first-order valence-corrected chi connectivity index (χ1v) is 5.00. The van der Waals surface area contributed by atoms with Crippen LogP contribution >= 0.6 is 0 Å². The Hall–Kier alpha value is -1.16. The Balaban J connectivity index is 2.24. The molecule has 3 N–H and O–H groups in total. The maximum absolute atomic E-state index is 5.56. The molecule has 1 aromatic rings. The molecule has 2 heterocycles. The predicted octanol–water partition coefficient (Wildman–Crippen LogP) is 0.729. The number of nitrogens with two attached hydrogens (primary N) is 1. The van der Waals surface area contributed by atoms with E-state index in [2.05, 4.69) is 29.1 Å². The summed E-state index contributed by atoms with van der Waals surface area (Å²) in [5.74, 6) is 1.01. The summed E-state index contributed by atoms with van der Waals surface area (Å²) < 4.78 is 0. The highest BCUT2D eigenvalue weighted by Crippen LogP contribution is 2.18. The number of nitrogens with one attached hydrogen (secondary N) is 1. The van der Waals surface area contributed by atoms with Crippen molar-refractivity contribution in [2.24, 2.45) is 5.92 Å². The molecule has 1 aliphatic rings. The van der Waals surface area contributed by atoms with Crippen molar-refractivity contribution in [2.75, 3.05) is 5.73 Å². The van der Waals surface area contributed by atoms with Crippen LogP contribution in [-0.2, 0) is 13.0 Å². The molecule has 0 fully saturated rings. The third-order valence-electron chi connectivity index (χ3n) is 2.75. The van der Waals surface area contributed by atoms with Gasteiger partial charge >= 0.3 is 0 Å². The molecule has 0 radical (unpaired) electrons. The van der Waals surface area contributed by atoms with Crippen LogP contribution in [0.1, 0.15) is 25.1 Å². The quantitative estimate of drug-likeness (QED) is 0.688. The lowest BCUT2D eigenvalue weighted by atomic mass is 9.94. The fourth-order valence-electron chi connectivity index (χ4n) is 1.77. The van der Waals surface area contributed by atoms with Gasteiger partial charge in [-0.25, -0.2) is 9.97 Å². The number of anilines is 1. The number of aromatic nitrogens is 2. The smallest absolute Gasteiger partial charge is 0.220 e. The maximum atomic E-state index is 5.56. The van der Waals surface area contributed by atoms with Gasteiger partial charge in [0.05, 0.1) is 5.69 Å².